The number of ether oxygens (including phenoxy) is 1. The third-order valence-electron chi connectivity index (χ3n) is 3.48. The Morgan fingerprint density at radius 2 is 1.88 bits per heavy atom. The summed E-state index contributed by atoms with van der Waals surface area (Å²) in [6.45, 7) is -0.282. The first-order valence-corrected chi connectivity index (χ1v) is 7.45. The average Bonchev–Trinajstić information content (AvgIpc) is 2.62. The van der Waals surface area contributed by atoms with Crippen LogP contribution in [0.25, 0.3) is 0 Å². The van der Waals surface area contributed by atoms with Crippen LogP contribution in [0.2, 0.25) is 0 Å². The summed E-state index contributed by atoms with van der Waals surface area (Å²) in [6.07, 6.45) is 0. The number of benzene rings is 2. The molecule has 1 N–H and O–H groups in total. The number of hydrogen-bond acceptors (Lipinski definition) is 5. The molecular weight excluding hydrogens is 345 g/mol. The van der Waals surface area contributed by atoms with Gasteiger partial charge in [0.1, 0.15) is 5.82 Å². The molecule has 8 nitrogen and oxygen atoms in total. The highest BCUT2D eigenvalue weighted by atomic mass is 19.1. The molecule has 136 valence electrons. The van der Waals surface area contributed by atoms with Gasteiger partial charge in [-0.2, -0.15) is 0 Å². The largest absolute Gasteiger partial charge is 0.490 e. The van der Waals surface area contributed by atoms with Crippen molar-refractivity contribution in [3.05, 3.63) is 64.0 Å². The Morgan fingerprint density at radius 1 is 1.23 bits per heavy atom. The number of rotatable bonds is 6. The predicted molar refractivity (Wildman–Crippen MR) is 91.6 cm³/mol. The van der Waals surface area contributed by atoms with Crippen molar-refractivity contribution in [2.75, 3.05) is 26.0 Å². The normalized spacial score (nSPS) is 10.1. The molecule has 9 heteroatoms. The SMILES string of the molecule is COc1ccc(C(=O)N(C)CC(=O)Nc2ccc(F)cc2)cc1[N+](=O)[O-]. The van der Waals surface area contributed by atoms with E-state index < -0.39 is 22.6 Å². The van der Waals surface area contributed by atoms with Gasteiger partial charge in [-0.05, 0) is 36.4 Å². The van der Waals surface area contributed by atoms with Crippen molar-refractivity contribution in [1.82, 2.24) is 4.90 Å². The van der Waals surface area contributed by atoms with Crippen molar-refractivity contribution in [2.45, 2.75) is 0 Å². The highest BCUT2D eigenvalue weighted by molar-refractivity contribution is 5.99. The molecule has 0 fully saturated rings. The number of carbonyl (C=O) groups is 2. The maximum atomic E-state index is 12.8. The molecule has 2 amide bonds. The van der Waals surface area contributed by atoms with E-state index in [2.05, 4.69) is 5.32 Å². The summed E-state index contributed by atoms with van der Waals surface area (Å²) < 4.78 is 17.7. The molecule has 0 unspecified atom stereocenters. The van der Waals surface area contributed by atoms with Gasteiger partial charge in [-0.3, -0.25) is 19.7 Å². The number of likely N-dealkylation sites (N-methyl/N-ethyl adjacent to an activating group) is 1. The van der Waals surface area contributed by atoms with Crippen LogP contribution in [0.15, 0.2) is 42.5 Å². The maximum Gasteiger partial charge on any atom is 0.311 e. The minimum atomic E-state index is -0.656. The number of hydrogen-bond donors (Lipinski definition) is 1. The second-order valence-corrected chi connectivity index (χ2v) is 5.36. The van der Waals surface area contributed by atoms with Crippen LogP contribution in [0.3, 0.4) is 0 Å². The molecule has 2 aromatic rings. The fourth-order valence-electron chi connectivity index (χ4n) is 2.21. The van der Waals surface area contributed by atoms with Gasteiger partial charge in [-0.15, -0.1) is 0 Å². The number of nitro groups is 1. The quantitative estimate of drug-likeness (QED) is 0.629. The molecule has 0 spiro atoms. The van der Waals surface area contributed by atoms with Gasteiger partial charge in [0.05, 0.1) is 18.6 Å². The second-order valence-electron chi connectivity index (χ2n) is 5.36. The molecule has 0 heterocycles. The Bertz CT molecular complexity index is 839. The fraction of sp³-hybridized carbons (Fsp3) is 0.176. The highest BCUT2D eigenvalue weighted by Gasteiger charge is 2.21. The number of nitrogens with zero attached hydrogens (tertiary/aromatic N) is 2. The zero-order valence-electron chi connectivity index (χ0n) is 14.1. The molecule has 0 aromatic heterocycles. The molecular formula is C17H16FN3O5. The molecule has 0 radical (unpaired) electrons. The zero-order valence-corrected chi connectivity index (χ0v) is 14.1. The van der Waals surface area contributed by atoms with E-state index in [1.807, 2.05) is 0 Å². The number of anilines is 1. The minimum Gasteiger partial charge on any atom is -0.490 e. The van der Waals surface area contributed by atoms with Gasteiger partial charge < -0.3 is 15.0 Å². The van der Waals surface area contributed by atoms with Crippen LogP contribution in [0.4, 0.5) is 15.8 Å². The Kier molecular flexibility index (Phi) is 5.84. The van der Waals surface area contributed by atoms with Crippen LogP contribution >= 0.6 is 0 Å². The number of carbonyl (C=O) groups excluding carboxylic acids is 2. The Balaban J connectivity index is 2.07. The van der Waals surface area contributed by atoms with Crippen LogP contribution in [-0.2, 0) is 4.79 Å². The van der Waals surface area contributed by atoms with Crippen molar-refractivity contribution in [2.24, 2.45) is 0 Å². The summed E-state index contributed by atoms with van der Waals surface area (Å²) in [6, 6.07) is 8.96. The first-order valence-electron chi connectivity index (χ1n) is 7.45. The fourth-order valence-corrected chi connectivity index (χ4v) is 2.21. The summed E-state index contributed by atoms with van der Waals surface area (Å²) in [4.78, 5) is 35.9. The number of nitrogens with one attached hydrogen (secondary N) is 1. The summed E-state index contributed by atoms with van der Waals surface area (Å²) in [7, 11) is 2.68. The standard InChI is InChI=1S/C17H16FN3O5/c1-20(10-16(22)19-13-6-4-12(18)5-7-13)17(23)11-3-8-15(26-2)14(9-11)21(24)25/h3-9H,10H2,1-2H3,(H,19,22). The maximum absolute atomic E-state index is 12.8. The molecule has 0 aliphatic rings. The summed E-state index contributed by atoms with van der Waals surface area (Å²) in [5, 5.41) is 13.6. The summed E-state index contributed by atoms with van der Waals surface area (Å²) >= 11 is 0. The zero-order chi connectivity index (χ0) is 19.3. The lowest BCUT2D eigenvalue weighted by atomic mass is 10.1. The highest BCUT2D eigenvalue weighted by Crippen LogP contribution is 2.27. The van der Waals surface area contributed by atoms with E-state index in [9.17, 15) is 24.1 Å². The molecule has 0 saturated carbocycles. The molecule has 0 aliphatic heterocycles. The lowest BCUT2D eigenvalue weighted by Crippen LogP contribution is -2.34. The predicted octanol–water partition coefficient (Wildman–Crippen LogP) is 2.45. The first-order chi connectivity index (χ1) is 12.3. The Morgan fingerprint density at radius 3 is 2.46 bits per heavy atom. The minimum absolute atomic E-state index is 0.0308. The van der Waals surface area contributed by atoms with Crippen LogP contribution < -0.4 is 10.1 Å². The third-order valence-corrected chi connectivity index (χ3v) is 3.48. The van der Waals surface area contributed by atoms with Gasteiger partial charge in [-0.25, -0.2) is 4.39 Å². The topological polar surface area (TPSA) is 102 Å². The van der Waals surface area contributed by atoms with Crippen molar-refractivity contribution in [1.29, 1.82) is 0 Å². The molecule has 0 atom stereocenters. The van der Waals surface area contributed by atoms with Crippen molar-refractivity contribution < 1.29 is 23.6 Å². The van der Waals surface area contributed by atoms with Crippen LogP contribution in [0, 0.1) is 15.9 Å². The molecule has 0 aliphatic carbocycles. The van der Waals surface area contributed by atoms with Gasteiger partial charge >= 0.3 is 5.69 Å². The molecule has 26 heavy (non-hydrogen) atoms. The molecule has 2 rings (SSSR count). The Hall–Kier alpha value is -3.49. The molecule has 0 bridgehead atoms. The lowest BCUT2D eigenvalue weighted by molar-refractivity contribution is -0.385. The van der Waals surface area contributed by atoms with E-state index in [1.54, 1.807) is 0 Å². The Labute approximate surface area is 148 Å². The van der Waals surface area contributed by atoms with E-state index in [0.717, 1.165) is 11.0 Å². The van der Waals surface area contributed by atoms with E-state index >= 15 is 0 Å². The van der Waals surface area contributed by atoms with Crippen molar-refractivity contribution >= 4 is 23.2 Å². The number of nitro benzene ring substituents is 1. The van der Waals surface area contributed by atoms with Gasteiger partial charge in [0.2, 0.25) is 5.91 Å². The van der Waals surface area contributed by atoms with E-state index in [1.165, 1.54) is 50.6 Å². The second kappa shape index (κ2) is 8.06. The van der Waals surface area contributed by atoms with E-state index in [-0.39, 0.29) is 23.5 Å². The van der Waals surface area contributed by atoms with Crippen molar-refractivity contribution in [3.63, 3.8) is 0 Å². The van der Waals surface area contributed by atoms with Crippen LogP contribution in [0.1, 0.15) is 10.4 Å². The van der Waals surface area contributed by atoms with Crippen LogP contribution in [0.5, 0.6) is 5.75 Å². The van der Waals surface area contributed by atoms with Crippen LogP contribution in [-0.4, -0.2) is 42.3 Å². The molecule has 0 saturated heterocycles. The summed E-state index contributed by atoms with van der Waals surface area (Å²) in [5.74, 6) is -1.46. The summed E-state index contributed by atoms with van der Waals surface area (Å²) in [5.41, 5.74) is 0.0921. The van der Waals surface area contributed by atoms with Gasteiger partial charge in [-0.1, -0.05) is 0 Å². The number of methoxy groups -OCH3 is 1. The van der Waals surface area contributed by atoms with Gasteiger partial charge in [0, 0.05) is 24.4 Å². The third kappa shape index (κ3) is 4.53. The van der Waals surface area contributed by atoms with E-state index in [0.29, 0.717) is 5.69 Å². The first kappa shape index (κ1) is 18.8. The average molecular weight is 361 g/mol. The lowest BCUT2D eigenvalue weighted by Gasteiger charge is -2.17. The van der Waals surface area contributed by atoms with Crippen molar-refractivity contribution in [3.8, 4) is 5.75 Å². The van der Waals surface area contributed by atoms with E-state index in [4.69, 9.17) is 4.74 Å². The molecule has 2 aromatic carbocycles. The monoisotopic (exact) mass is 361 g/mol. The smallest absolute Gasteiger partial charge is 0.311 e. The number of amides is 2. The van der Waals surface area contributed by atoms with Gasteiger partial charge in [0.25, 0.3) is 5.91 Å². The number of halogens is 1. The van der Waals surface area contributed by atoms with Gasteiger partial charge in [0.15, 0.2) is 5.75 Å².